The third-order valence-electron chi connectivity index (χ3n) is 3.00. The second-order valence-electron chi connectivity index (χ2n) is 5.05. The van der Waals surface area contributed by atoms with Gasteiger partial charge < -0.3 is 5.32 Å². The number of hydrogen-bond donors (Lipinski definition) is 2. The van der Waals surface area contributed by atoms with Gasteiger partial charge in [0.2, 0.25) is 0 Å². The molecule has 20 heavy (non-hydrogen) atoms. The SMILES string of the molecule is CC(C)(CNC(=O)c1cn[nH]n1)c1ccc(F)cc1Cl. The van der Waals surface area contributed by atoms with Crippen molar-refractivity contribution in [1.29, 1.82) is 0 Å². The first-order chi connectivity index (χ1) is 9.40. The summed E-state index contributed by atoms with van der Waals surface area (Å²) in [5, 5.41) is 12.7. The summed E-state index contributed by atoms with van der Waals surface area (Å²) in [5.74, 6) is -0.716. The van der Waals surface area contributed by atoms with Crippen LogP contribution in [0, 0.1) is 5.82 Å². The van der Waals surface area contributed by atoms with Crippen LogP contribution < -0.4 is 5.32 Å². The van der Waals surface area contributed by atoms with Crippen molar-refractivity contribution < 1.29 is 9.18 Å². The van der Waals surface area contributed by atoms with Crippen molar-refractivity contribution in [2.45, 2.75) is 19.3 Å². The van der Waals surface area contributed by atoms with Crippen LogP contribution in [0.3, 0.4) is 0 Å². The number of rotatable bonds is 4. The quantitative estimate of drug-likeness (QED) is 0.909. The van der Waals surface area contributed by atoms with E-state index in [0.29, 0.717) is 11.6 Å². The molecule has 2 N–H and O–H groups in total. The fraction of sp³-hybridized carbons (Fsp3) is 0.308. The summed E-state index contributed by atoms with van der Waals surface area (Å²) < 4.78 is 13.1. The van der Waals surface area contributed by atoms with E-state index in [9.17, 15) is 9.18 Å². The van der Waals surface area contributed by atoms with Gasteiger partial charge in [-0.15, -0.1) is 0 Å². The molecule has 0 radical (unpaired) electrons. The highest BCUT2D eigenvalue weighted by Gasteiger charge is 2.25. The van der Waals surface area contributed by atoms with Crippen molar-refractivity contribution in [3.8, 4) is 0 Å². The van der Waals surface area contributed by atoms with E-state index in [1.165, 1.54) is 18.3 Å². The number of nitrogens with zero attached hydrogens (tertiary/aromatic N) is 2. The van der Waals surface area contributed by atoms with Gasteiger partial charge in [-0.05, 0) is 17.7 Å². The highest BCUT2D eigenvalue weighted by atomic mass is 35.5. The molecule has 5 nitrogen and oxygen atoms in total. The smallest absolute Gasteiger partial charge is 0.273 e. The summed E-state index contributed by atoms with van der Waals surface area (Å²) in [7, 11) is 0. The van der Waals surface area contributed by atoms with E-state index >= 15 is 0 Å². The van der Waals surface area contributed by atoms with Gasteiger partial charge in [0.25, 0.3) is 5.91 Å². The molecule has 0 saturated heterocycles. The standard InChI is InChI=1S/C13H14ClFN4O/c1-13(2,9-4-3-8(15)5-10(9)14)7-16-12(20)11-6-17-19-18-11/h3-6H,7H2,1-2H3,(H,16,20)(H,17,18,19). The molecule has 0 unspecified atom stereocenters. The Morgan fingerprint density at radius 2 is 2.25 bits per heavy atom. The molecule has 0 spiro atoms. The van der Waals surface area contributed by atoms with Crippen LogP contribution in [0.1, 0.15) is 29.9 Å². The van der Waals surface area contributed by atoms with Gasteiger partial charge in [0.1, 0.15) is 5.82 Å². The third kappa shape index (κ3) is 3.14. The molecule has 0 bridgehead atoms. The van der Waals surface area contributed by atoms with Crippen molar-refractivity contribution >= 4 is 17.5 Å². The average molecular weight is 297 g/mol. The van der Waals surface area contributed by atoms with Gasteiger partial charge in [-0.3, -0.25) is 4.79 Å². The number of nitrogens with one attached hydrogen (secondary N) is 2. The zero-order chi connectivity index (χ0) is 14.8. The first-order valence-electron chi connectivity index (χ1n) is 5.99. The van der Waals surface area contributed by atoms with Crippen LogP contribution in [0.4, 0.5) is 4.39 Å². The minimum absolute atomic E-state index is 0.214. The van der Waals surface area contributed by atoms with E-state index in [2.05, 4.69) is 20.7 Å². The normalized spacial score (nSPS) is 11.4. The van der Waals surface area contributed by atoms with E-state index < -0.39 is 5.41 Å². The molecule has 1 heterocycles. The molecule has 1 aromatic carbocycles. The summed E-state index contributed by atoms with van der Waals surface area (Å²) in [5.41, 5.74) is 0.538. The van der Waals surface area contributed by atoms with Crippen LogP contribution >= 0.6 is 11.6 Å². The van der Waals surface area contributed by atoms with Gasteiger partial charge in [0.15, 0.2) is 5.69 Å². The van der Waals surface area contributed by atoms with E-state index in [-0.39, 0.29) is 17.4 Å². The number of carbonyl (C=O) groups is 1. The largest absolute Gasteiger partial charge is 0.350 e. The molecular formula is C13H14ClFN4O. The fourth-order valence-corrected chi connectivity index (χ4v) is 2.26. The predicted molar refractivity (Wildman–Crippen MR) is 73.2 cm³/mol. The van der Waals surface area contributed by atoms with Gasteiger partial charge in [0.05, 0.1) is 6.20 Å². The zero-order valence-electron chi connectivity index (χ0n) is 11.1. The molecule has 0 saturated carbocycles. The summed E-state index contributed by atoms with van der Waals surface area (Å²) >= 11 is 6.05. The third-order valence-corrected chi connectivity index (χ3v) is 3.31. The maximum absolute atomic E-state index is 13.1. The van der Waals surface area contributed by atoms with Crippen LogP contribution in [0.15, 0.2) is 24.4 Å². The van der Waals surface area contributed by atoms with Gasteiger partial charge >= 0.3 is 0 Å². The Labute approximate surface area is 120 Å². The number of aromatic amines is 1. The van der Waals surface area contributed by atoms with Crippen LogP contribution in [-0.4, -0.2) is 27.9 Å². The topological polar surface area (TPSA) is 70.7 Å². The van der Waals surface area contributed by atoms with E-state index in [0.717, 1.165) is 5.56 Å². The number of hydrogen-bond acceptors (Lipinski definition) is 3. The highest BCUT2D eigenvalue weighted by Crippen LogP contribution is 2.29. The first-order valence-corrected chi connectivity index (χ1v) is 6.37. The fourth-order valence-electron chi connectivity index (χ4n) is 1.84. The lowest BCUT2D eigenvalue weighted by Gasteiger charge is -2.26. The molecule has 7 heteroatoms. The minimum Gasteiger partial charge on any atom is -0.350 e. The first kappa shape index (κ1) is 14.5. The van der Waals surface area contributed by atoms with Crippen molar-refractivity contribution in [3.63, 3.8) is 0 Å². The van der Waals surface area contributed by atoms with Crippen molar-refractivity contribution in [2.24, 2.45) is 0 Å². The van der Waals surface area contributed by atoms with Gasteiger partial charge in [0, 0.05) is 17.0 Å². The maximum Gasteiger partial charge on any atom is 0.273 e. The number of aromatic nitrogens is 3. The van der Waals surface area contributed by atoms with Gasteiger partial charge in [-0.25, -0.2) is 4.39 Å². The molecular weight excluding hydrogens is 283 g/mol. The Bertz CT molecular complexity index is 613. The van der Waals surface area contributed by atoms with Crippen LogP contribution in [0.25, 0.3) is 0 Å². The Balaban J connectivity index is 2.09. The maximum atomic E-state index is 13.1. The summed E-state index contributed by atoms with van der Waals surface area (Å²) in [6.07, 6.45) is 1.34. The molecule has 2 rings (SSSR count). The van der Waals surface area contributed by atoms with E-state index in [1.54, 1.807) is 6.07 Å². The van der Waals surface area contributed by atoms with Gasteiger partial charge in [-0.2, -0.15) is 15.4 Å². The van der Waals surface area contributed by atoms with Crippen LogP contribution in [0.2, 0.25) is 5.02 Å². The minimum atomic E-state index is -0.440. The molecule has 0 aliphatic heterocycles. The lowest BCUT2D eigenvalue weighted by atomic mass is 9.84. The van der Waals surface area contributed by atoms with Crippen molar-refractivity contribution in [1.82, 2.24) is 20.7 Å². The van der Waals surface area contributed by atoms with Crippen molar-refractivity contribution in [2.75, 3.05) is 6.54 Å². The number of halogens is 2. The molecule has 0 atom stereocenters. The van der Waals surface area contributed by atoms with Crippen LogP contribution in [0.5, 0.6) is 0 Å². The summed E-state index contributed by atoms with van der Waals surface area (Å²) in [6.45, 7) is 4.16. The monoisotopic (exact) mass is 296 g/mol. The zero-order valence-corrected chi connectivity index (χ0v) is 11.8. The van der Waals surface area contributed by atoms with E-state index in [4.69, 9.17) is 11.6 Å². The Kier molecular flexibility index (Phi) is 4.04. The van der Waals surface area contributed by atoms with Crippen LogP contribution in [-0.2, 0) is 5.41 Å². The molecule has 106 valence electrons. The highest BCUT2D eigenvalue weighted by molar-refractivity contribution is 6.31. The molecule has 0 fully saturated rings. The Morgan fingerprint density at radius 3 is 2.85 bits per heavy atom. The number of benzene rings is 1. The second kappa shape index (κ2) is 5.58. The Hall–Kier alpha value is -1.95. The number of H-pyrrole nitrogens is 1. The predicted octanol–water partition coefficient (Wildman–Crippen LogP) is 2.30. The number of carbonyl (C=O) groups excluding carboxylic acids is 1. The number of amides is 1. The molecule has 2 aromatic rings. The van der Waals surface area contributed by atoms with Crippen molar-refractivity contribution in [3.05, 3.63) is 46.5 Å². The Morgan fingerprint density at radius 1 is 1.50 bits per heavy atom. The molecule has 0 aliphatic rings. The molecule has 1 amide bonds. The van der Waals surface area contributed by atoms with Gasteiger partial charge in [-0.1, -0.05) is 31.5 Å². The molecule has 1 aromatic heterocycles. The molecule has 0 aliphatic carbocycles. The average Bonchev–Trinajstić information content (AvgIpc) is 2.89. The lowest BCUT2D eigenvalue weighted by molar-refractivity contribution is 0.0940. The summed E-state index contributed by atoms with van der Waals surface area (Å²) in [4.78, 5) is 11.8. The lowest BCUT2D eigenvalue weighted by Crippen LogP contribution is -2.37. The van der Waals surface area contributed by atoms with E-state index in [1.807, 2.05) is 13.8 Å². The summed E-state index contributed by atoms with van der Waals surface area (Å²) in [6, 6.07) is 4.24. The second-order valence-corrected chi connectivity index (χ2v) is 5.45.